The zero-order valence-electron chi connectivity index (χ0n) is 10.2. The van der Waals surface area contributed by atoms with Gasteiger partial charge in [0, 0.05) is 10.9 Å². The van der Waals surface area contributed by atoms with Crippen LogP contribution in [-0.2, 0) is 10.8 Å². The van der Waals surface area contributed by atoms with E-state index < -0.39 is 10.8 Å². The lowest BCUT2D eigenvalue weighted by molar-refractivity contribution is 0.456. The minimum Gasteiger partial charge on any atom is -0.327 e. The summed E-state index contributed by atoms with van der Waals surface area (Å²) in [6.45, 7) is 0. The first-order valence-corrected chi connectivity index (χ1v) is 7.71. The van der Waals surface area contributed by atoms with Gasteiger partial charge in [0.25, 0.3) is 0 Å². The Hall–Kier alpha value is -0.670. The molecule has 0 spiro atoms. The molecule has 1 saturated carbocycles. The van der Waals surface area contributed by atoms with Crippen molar-refractivity contribution in [2.75, 3.05) is 0 Å². The molecule has 3 unspecified atom stereocenters. The minimum absolute atomic E-state index is 0.0938. The third kappa shape index (κ3) is 3.39. The molecule has 0 saturated heterocycles. The molecule has 0 radical (unpaired) electrons. The van der Waals surface area contributed by atoms with Crippen molar-refractivity contribution < 1.29 is 4.21 Å². The summed E-state index contributed by atoms with van der Waals surface area (Å²) >= 11 is 0. The van der Waals surface area contributed by atoms with Crippen molar-refractivity contribution in [1.82, 2.24) is 0 Å². The summed E-state index contributed by atoms with van der Waals surface area (Å²) in [7, 11) is -0.944. The van der Waals surface area contributed by atoms with E-state index in [1.54, 1.807) is 0 Å². The van der Waals surface area contributed by atoms with Crippen LogP contribution in [0.2, 0.25) is 0 Å². The first-order chi connectivity index (χ1) is 8.29. The van der Waals surface area contributed by atoms with E-state index in [1.165, 1.54) is 19.3 Å². The standard InChI is InChI=1S/C14H21NOS/c15-13-10-6-1-2-7-11-14(13)17(16)12-8-4-3-5-9-12/h3-5,8-9,13-14H,1-2,6-7,10-11,15H2. The van der Waals surface area contributed by atoms with Crippen LogP contribution in [0.5, 0.6) is 0 Å². The second-order valence-corrected chi connectivity index (χ2v) is 6.48. The van der Waals surface area contributed by atoms with E-state index >= 15 is 0 Å². The van der Waals surface area contributed by atoms with Crippen LogP contribution in [0.3, 0.4) is 0 Å². The predicted octanol–water partition coefficient (Wildman–Crippen LogP) is 2.84. The molecule has 0 aliphatic heterocycles. The van der Waals surface area contributed by atoms with E-state index in [2.05, 4.69) is 0 Å². The van der Waals surface area contributed by atoms with Gasteiger partial charge in [-0.05, 0) is 25.0 Å². The molecule has 1 aliphatic rings. The number of hydrogen-bond acceptors (Lipinski definition) is 2. The Labute approximate surface area is 106 Å². The smallest absolute Gasteiger partial charge is 0.0576 e. The summed E-state index contributed by atoms with van der Waals surface area (Å²) in [5, 5.41) is 0.137. The minimum atomic E-state index is -0.944. The van der Waals surface area contributed by atoms with Crippen molar-refractivity contribution in [3.63, 3.8) is 0 Å². The molecule has 0 heterocycles. The Morgan fingerprint density at radius 3 is 2.35 bits per heavy atom. The SMILES string of the molecule is NC1CCCCCCC1S(=O)c1ccccc1. The fourth-order valence-corrected chi connectivity index (χ4v) is 4.08. The third-order valence-corrected chi connectivity index (χ3v) is 5.38. The molecule has 1 aliphatic carbocycles. The summed E-state index contributed by atoms with van der Waals surface area (Å²) in [6.07, 6.45) is 6.90. The van der Waals surface area contributed by atoms with Crippen LogP contribution in [0, 0.1) is 0 Å². The number of nitrogens with two attached hydrogens (primary N) is 1. The van der Waals surface area contributed by atoms with Gasteiger partial charge in [-0.1, -0.05) is 43.9 Å². The van der Waals surface area contributed by atoms with Gasteiger partial charge >= 0.3 is 0 Å². The van der Waals surface area contributed by atoms with Crippen LogP contribution >= 0.6 is 0 Å². The molecular weight excluding hydrogens is 230 g/mol. The fraction of sp³-hybridized carbons (Fsp3) is 0.571. The molecule has 0 bridgehead atoms. The van der Waals surface area contributed by atoms with Crippen molar-refractivity contribution in [3.8, 4) is 0 Å². The molecule has 1 aromatic rings. The first kappa shape index (κ1) is 12.8. The molecule has 0 aromatic heterocycles. The zero-order valence-corrected chi connectivity index (χ0v) is 11.0. The molecule has 3 heteroatoms. The van der Waals surface area contributed by atoms with Crippen LogP contribution in [0.1, 0.15) is 38.5 Å². The summed E-state index contributed by atoms with van der Waals surface area (Å²) < 4.78 is 12.5. The van der Waals surface area contributed by atoms with Gasteiger partial charge in [-0.2, -0.15) is 0 Å². The highest BCUT2D eigenvalue weighted by Crippen LogP contribution is 2.23. The predicted molar refractivity (Wildman–Crippen MR) is 72.3 cm³/mol. The normalized spacial score (nSPS) is 28.1. The Bertz CT molecular complexity index is 366. The molecule has 2 nitrogen and oxygen atoms in total. The van der Waals surface area contributed by atoms with E-state index in [4.69, 9.17) is 5.73 Å². The lowest BCUT2D eigenvalue weighted by Gasteiger charge is -2.25. The van der Waals surface area contributed by atoms with Gasteiger partial charge in [-0.25, -0.2) is 0 Å². The van der Waals surface area contributed by atoms with Gasteiger partial charge < -0.3 is 5.73 Å². The molecule has 94 valence electrons. The number of hydrogen-bond donors (Lipinski definition) is 1. The van der Waals surface area contributed by atoms with Crippen LogP contribution in [0.15, 0.2) is 35.2 Å². The molecular formula is C14H21NOS. The van der Waals surface area contributed by atoms with Crippen molar-refractivity contribution in [1.29, 1.82) is 0 Å². The van der Waals surface area contributed by atoms with Crippen molar-refractivity contribution in [3.05, 3.63) is 30.3 Å². The Morgan fingerprint density at radius 1 is 1.00 bits per heavy atom. The quantitative estimate of drug-likeness (QED) is 0.878. The van der Waals surface area contributed by atoms with Crippen LogP contribution in [0.4, 0.5) is 0 Å². The van der Waals surface area contributed by atoms with Crippen molar-refractivity contribution in [2.24, 2.45) is 5.73 Å². The van der Waals surface area contributed by atoms with Crippen LogP contribution in [-0.4, -0.2) is 15.5 Å². The van der Waals surface area contributed by atoms with Gasteiger partial charge in [0.2, 0.25) is 0 Å². The van der Waals surface area contributed by atoms with Gasteiger partial charge in [-0.15, -0.1) is 0 Å². The van der Waals surface area contributed by atoms with E-state index in [9.17, 15) is 4.21 Å². The summed E-state index contributed by atoms with van der Waals surface area (Å²) in [6, 6.07) is 9.84. The largest absolute Gasteiger partial charge is 0.327 e. The maximum Gasteiger partial charge on any atom is 0.0576 e. The summed E-state index contributed by atoms with van der Waals surface area (Å²) in [5.74, 6) is 0. The summed E-state index contributed by atoms with van der Waals surface area (Å²) in [5.41, 5.74) is 6.19. The second kappa shape index (κ2) is 6.31. The Morgan fingerprint density at radius 2 is 1.65 bits per heavy atom. The molecule has 3 atom stereocenters. The summed E-state index contributed by atoms with van der Waals surface area (Å²) in [4.78, 5) is 0.925. The lowest BCUT2D eigenvalue weighted by Crippen LogP contribution is -2.38. The van der Waals surface area contributed by atoms with Gasteiger partial charge in [-0.3, -0.25) is 4.21 Å². The zero-order chi connectivity index (χ0) is 12.1. The van der Waals surface area contributed by atoms with E-state index in [0.717, 1.165) is 24.2 Å². The molecule has 1 fully saturated rings. The first-order valence-electron chi connectivity index (χ1n) is 6.50. The van der Waals surface area contributed by atoms with Crippen LogP contribution < -0.4 is 5.73 Å². The van der Waals surface area contributed by atoms with Gasteiger partial charge in [0.05, 0.1) is 16.0 Å². The topological polar surface area (TPSA) is 43.1 Å². The third-order valence-electron chi connectivity index (χ3n) is 3.50. The molecule has 1 aromatic carbocycles. The molecule has 17 heavy (non-hydrogen) atoms. The maximum atomic E-state index is 12.5. The highest BCUT2D eigenvalue weighted by Gasteiger charge is 2.25. The second-order valence-electron chi connectivity index (χ2n) is 4.80. The Balaban J connectivity index is 2.10. The molecule has 2 N–H and O–H groups in total. The van der Waals surface area contributed by atoms with E-state index in [-0.39, 0.29) is 11.3 Å². The van der Waals surface area contributed by atoms with E-state index in [0.29, 0.717) is 0 Å². The highest BCUT2D eigenvalue weighted by atomic mass is 32.2. The average Bonchev–Trinajstić information content (AvgIpc) is 2.35. The number of rotatable bonds is 2. The maximum absolute atomic E-state index is 12.5. The Kier molecular flexibility index (Phi) is 4.75. The molecule has 2 rings (SSSR count). The lowest BCUT2D eigenvalue weighted by atomic mass is 9.97. The van der Waals surface area contributed by atoms with Gasteiger partial charge in [0.1, 0.15) is 0 Å². The highest BCUT2D eigenvalue weighted by molar-refractivity contribution is 7.85. The van der Waals surface area contributed by atoms with E-state index in [1.807, 2.05) is 30.3 Å². The fourth-order valence-electron chi connectivity index (χ4n) is 2.47. The monoisotopic (exact) mass is 251 g/mol. The van der Waals surface area contributed by atoms with Gasteiger partial charge in [0.15, 0.2) is 0 Å². The number of benzene rings is 1. The molecule has 0 amide bonds. The average molecular weight is 251 g/mol. The van der Waals surface area contributed by atoms with Crippen molar-refractivity contribution >= 4 is 10.8 Å². The van der Waals surface area contributed by atoms with Crippen molar-refractivity contribution in [2.45, 2.75) is 54.7 Å². The van der Waals surface area contributed by atoms with Crippen LogP contribution in [0.25, 0.3) is 0 Å².